The Morgan fingerprint density at radius 3 is 2.69 bits per heavy atom. The van der Waals surface area contributed by atoms with Crippen molar-refractivity contribution in [3.63, 3.8) is 0 Å². The van der Waals surface area contributed by atoms with Crippen LogP contribution < -0.4 is 10.1 Å². The first-order valence-corrected chi connectivity index (χ1v) is 10.7. The molecule has 0 radical (unpaired) electrons. The summed E-state index contributed by atoms with van der Waals surface area (Å²) in [5, 5.41) is 13.7. The number of halogens is 2. The van der Waals surface area contributed by atoms with Gasteiger partial charge in [-0.15, -0.1) is 10.2 Å². The molecular weight excluding hydrogens is 409 g/mol. The average molecular weight is 430 g/mol. The third-order valence-corrected chi connectivity index (χ3v) is 6.10. The van der Waals surface area contributed by atoms with Gasteiger partial charge in [0.2, 0.25) is 5.88 Å². The van der Waals surface area contributed by atoms with Gasteiger partial charge in [0.25, 0.3) is 0 Å². The van der Waals surface area contributed by atoms with Crippen LogP contribution in [0.3, 0.4) is 0 Å². The van der Waals surface area contributed by atoms with Gasteiger partial charge in [-0.3, -0.25) is 4.57 Å². The molecule has 0 atom stereocenters. The molecule has 29 heavy (non-hydrogen) atoms. The fourth-order valence-electron chi connectivity index (χ4n) is 4.26. The van der Waals surface area contributed by atoms with E-state index in [1.807, 2.05) is 24.3 Å². The second kappa shape index (κ2) is 7.94. The van der Waals surface area contributed by atoms with Crippen LogP contribution in [0.15, 0.2) is 36.4 Å². The first-order valence-electron chi connectivity index (χ1n) is 9.90. The summed E-state index contributed by atoms with van der Waals surface area (Å²) in [7, 11) is 0. The second-order valence-electron chi connectivity index (χ2n) is 7.58. The first kappa shape index (κ1) is 18.9. The van der Waals surface area contributed by atoms with Crippen LogP contribution in [-0.4, -0.2) is 25.9 Å². The summed E-state index contributed by atoms with van der Waals surface area (Å²) in [5.74, 6) is 2.92. The molecule has 0 unspecified atom stereocenters. The number of ether oxygens (including phenoxy) is 1. The fraction of sp³-hybridized carbons (Fsp3) is 0.381. The van der Waals surface area contributed by atoms with Gasteiger partial charge < -0.3 is 10.1 Å². The maximum atomic E-state index is 6.22. The van der Waals surface area contributed by atoms with Crippen LogP contribution in [0.5, 0.6) is 5.88 Å². The number of rotatable bonds is 3. The SMILES string of the molecule is Clc1ccc2c(c1)CNCc1nnc([C@H]3CC[C@H](Oc4cccc(Cl)n4)CC3)n1-2. The Morgan fingerprint density at radius 2 is 1.86 bits per heavy atom. The zero-order chi connectivity index (χ0) is 19.8. The van der Waals surface area contributed by atoms with Crippen molar-refractivity contribution in [2.24, 2.45) is 0 Å². The molecule has 150 valence electrons. The molecule has 8 heteroatoms. The highest BCUT2D eigenvalue weighted by molar-refractivity contribution is 6.30. The van der Waals surface area contributed by atoms with Gasteiger partial charge in [0.1, 0.15) is 17.1 Å². The van der Waals surface area contributed by atoms with E-state index in [1.54, 1.807) is 6.07 Å². The molecule has 2 aliphatic rings. The van der Waals surface area contributed by atoms with Crippen LogP contribution in [0.25, 0.3) is 5.69 Å². The van der Waals surface area contributed by atoms with Gasteiger partial charge in [-0.2, -0.15) is 0 Å². The lowest BCUT2D eigenvalue weighted by Gasteiger charge is -2.28. The number of hydrogen-bond acceptors (Lipinski definition) is 5. The minimum atomic E-state index is 0.150. The second-order valence-corrected chi connectivity index (χ2v) is 8.40. The number of nitrogens with zero attached hydrogens (tertiary/aromatic N) is 4. The molecule has 5 rings (SSSR count). The Kier molecular flexibility index (Phi) is 5.16. The van der Waals surface area contributed by atoms with Crippen LogP contribution in [0, 0.1) is 0 Å². The summed E-state index contributed by atoms with van der Waals surface area (Å²) in [5.41, 5.74) is 2.29. The Labute approximate surface area is 179 Å². The van der Waals surface area contributed by atoms with Gasteiger partial charge in [0, 0.05) is 23.6 Å². The topological polar surface area (TPSA) is 64.9 Å². The summed E-state index contributed by atoms with van der Waals surface area (Å²) in [6.07, 6.45) is 4.05. The van der Waals surface area contributed by atoms with Crippen LogP contribution >= 0.6 is 23.2 Å². The molecule has 1 saturated carbocycles. The number of pyridine rings is 1. The van der Waals surface area contributed by atoms with Gasteiger partial charge in [0.05, 0.1) is 12.2 Å². The van der Waals surface area contributed by atoms with E-state index in [1.165, 1.54) is 5.56 Å². The Morgan fingerprint density at radius 1 is 1.00 bits per heavy atom. The number of aromatic nitrogens is 4. The molecule has 0 spiro atoms. The molecule has 0 amide bonds. The van der Waals surface area contributed by atoms with Crippen molar-refractivity contribution in [3.8, 4) is 11.6 Å². The Hall–Kier alpha value is -2.15. The van der Waals surface area contributed by atoms with E-state index < -0.39 is 0 Å². The number of hydrogen-bond donors (Lipinski definition) is 1. The van der Waals surface area contributed by atoms with Crippen molar-refractivity contribution < 1.29 is 4.74 Å². The fourth-order valence-corrected chi connectivity index (χ4v) is 4.61. The molecule has 2 aromatic heterocycles. The average Bonchev–Trinajstić information content (AvgIpc) is 3.04. The molecule has 0 bridgehead atoms. The lowest BCUT2D eigenvalue weighted by molar-refractivity contribution is 0.139. The van der Waals surface area contributed by atoms with E-state index in [0.29, 0.717) is 23.5 Å². The molecule has 0 saturated heterocycles. The number of benzene rings is 1. The van der Waals surface area contributed by atoms with Crippen molar-refractivity contribution >= 4 is 23.2 Å². The van der Waals surface area contributed by atoms with Crippen molar-refractivity contribution in [2.75, 3.05) is 0 Å². The van der Waals surface area contributed by atoms with Crippen LogP contribution in [0.1, 0.15) is 48.8 Å². The number of fused-ring (bicyclic) bond motifs is 3. The van der Waals surface area contributed by atoms with Gasteiger partial charge in [-0.05, 0) is 55.5 Å². The predicted molar refractivity (Wildman–Crippen MR) is 112 cm³/mol. The van der Waals surface area contributed by atoms with Crippen LogP contribution in [0.2, 0.25) is 10.2 Å². The van der Waals surface area contributed by atoms with Crippen molar-refractivity contribution in [3.05, 3.63) is 63.8 Å². The van der Waals surface area contributed by atoms with Crippen molar-refractivity contribution in [2.45, 2.75) is 50.8 Å². The molecular formula is C21H21Cl2N5O. The highest BCUT2D eigenvalue weighted by atomic mass is 35.5. The summed E-state index contributed by atoms with van der Waals surface area (Å²) in [6.45, 7) is 1.46. The van der Waals surface area contributed by atoms with Crippen LogP contribution in [-0.2, 0) is 13.1 Å². The molecule has 1 aromatic carbocycles. The number of nitrogens with one attached hydrogen (secondary N) is 1. The monoisotopic (exact) mass is 429 g/mol. The predicted octanol–water partition coefficient (Wildman–Crippen LogP) is 4.68. The first-order chi connectivity index (χ1) is 14.2. The molecule has 1 N–H and O–H groups in total. The largest absolute Gasteiger partial charge is 0.474 e. The highest BCUT2D eigenvalue weighted by Crippen LogP contribution is 2.36. The summed E-state index contributed by atoms with van der Waals surface area (Å²) >= 11 is 12.2. The highest BCUT2D eigenvalue weighted by Gasteiger charge is 2.30. The normalized spacial score (nSPS) is 21.2. The molecule has 1 aliphatic carbocycles. The third kappa shape index (κ3) is 3.84. The summed E-state index contributed by atoms with van der Waals surface area (Å²) in [4.78, 5) is 4.24. The van der Waals surface area contributed by atoms with E-state index in [4.69, 9.17) is 27.9 Å². The summed E-state index contributed by atoms with van der Waals surface area (Å²) < 4.78 is 8.26. The minimum absolute atomic E-state index is 0.150. The van der Waals surface area contributed by atoms with E-state index >= 15 is 0 Å². The van der Waals surface area contributed by atoms with Crippen LogP contribution in [0.4, 0.5) is 0 Å². The Balaban J connectivity index is 1.35. The smallest absolute Gasteiger partial charge is 0.214 e. The van der Waals surface area contributed by atoms with Gasteiger partial charge in [-0.25, -0.2) is 4.98 Å². The van der Waals surface area contributed by atoms with Gasteiger partial charge in [0.15, 0.2) is 5.82 Å². The quantitative estimate of drug-likeness (QED) is 0.612. The summed E-state index contributed by atoms with van der Waals surface area (Å²) in [6, 6.07) is 11.5. The molecule has 6 nitrogen and oxygen atoms in total. The molecule has 3 heterocycles. The lowest BCUT2D eigenvalue weighted by atomic mass is 9.86. The lowest BCUT2D eigenvalue weighted by Crippen LogP contribution is -2.25. The minimum Gasteiger partial charge on any atom is -0.474 e. The van der Waals surface area contributed by atoms with E-state index in [0.717, 1.165) is 54.6 Å². The maximum absolute atomic E-state index is 6.22. The van der Waals surface area contributed by atoms with Crippen molar-refractivity contribution in [1.82, 2.24) is 25.1 Å². The Bertz CT molecular complexity index is 1030. The van der Waals surface area contributed by atoms with Crippen molar-refractivity contribution in [1.29, 1.82) is 0 Å². The van der Waals surface area contributed by atoms with E-state index in [-0.39, 0.29) is 6.10 Å². The maximum Gasteiger partial charge on any atom is 0.214 e. The molecule has 1 fully saturated rings. The third-order valence-electron chi connectivity index (χ3n) is 5.65. The standard InChI is InChI=1S/C21H21Cl2N5O/c22-15-6-9-17-14(10-15)11-24-12-19-26-27-21(28(17)19)13-4-7-16(8-5-13)29-20-3-1-2-18(23)25-20/h1-3,6,9-10,13,16,24H,4-5,7-8,11-12H2/t13-,16-. The van der Waals surface area contributed by atoms with Gasteiger partial charge in [-0.1, -0.05) is 29.3 Å². The zero-order valence-corrected chi connectivity index (χ0v) is 17.3. The van der Waals surface area contributed by atoms with Gasteiger partial charge >= 0.3 is 0 Å². The molecule has 3 aromatic rings. The van der Waals surface area contributed by atoms with E-state index in [9.17, 15) is 0 Å². The zero-order valence-electron chi connectivity index (χ0n) is 15.8. The molecule has 1 aliphatic heterocycles. The van der Waals surface area contributed by atoms with E-state index in [2.05, 4.69) is 31.1 Å².